The third-order valence-electron chi connectivity index (χ3n) is 3.75. The van der Waals surface area contributed by atoms with E-state index in [2.05, 4.69) is 5.32 Å². The summed E-state index contributed by atoms with van der Waals surface area (Å²) >= 11 is 0. The van der Waals surface area contributed by atoms with Gasteiger partial charge in [0.05, 0.1) is 6.26 Å². The van der Waals surface area contributed by atoms with Crippen LogP contribution in [0.25, 0.3) is 0 Å². The number of benzene rings is 2. The molecule has 2 aromatic carbocycles. The maximum absolute atomic E-state index is 12.9. The second-order valence-corrected chi connectivity index (χ2v) is 5.61. The van der Waals surface area contributed by atoms with Gasteiger partial charge in [0, 0.05) is 12.2 Å². The van der Waals surface area contributed by atoms with Crippen molar-refractivity contribution in [2.45, 2.75) is 6.54 Å². The smallest absolute Gasteiger partial charge is 0.294 e. The van der Waals surface area contributed by atoms with Gasteiger partial charge in [0.1, 0.15) is 12.4 Å². The summed E-state index contributed by atoms with van der Waals surface area (Å²) < 4.78 is 18.1. The predicted molar refractivity (Wildman–Crippen MR) is 95.1 cm³/mol. The van der Waals surface area contributed by atoms with Crippen LogP contribution < -0.4 is 10.2 Å². The molecule has 1 aromatic heterocycles. The van der Waals surface area contributed by atoms with Gasteiger partial charge in [-0.05, 0) is 42.0 Å². The average molecular weight is 352 g/mol. The summed E-state index contributed by atoms with van der Waals surface area (Å²) in [5.41, 5.74) is 1.36. The van der Waals surface area contributed by atoms with Crippen LogP contribution >= 0.6 is 0 Å². The molecule has 1 heterocycles. The topological polar surface area (TPSA) is 62.6 Å². The maximum Gasteiger partial charge on any atom is 0.294 e. The molecular formula is C20H17FN2O3. The molecule has 5 nitrogen and oxygen atoms in total. The van der Waals surface area contributed by atoms with Crippen molar-refractivity contribution in [2.75, 3.05) is 11.4 Å². The van der Waals surface area contributed by atoms with E-state index in [1.54, 1.807) is 48.5 Å². The number of halogens is 1. The summed E-state index contributed by atoms with van der Waals surface area (Å²) in [5, 5.41) is 2.73. The second kappa shape index (κ2) is 8.11. The van der Waals surface area contributed by atoms with Crippen LogP contribution in [0.15, 0.2) is 77.4 Å². The Morgan fingerprint density at radius 2 is 1.69 bits per heavy atom. The molecule has 1 N–H and O–H groups in total. The number of hydrogen-bond donors (Lipinski definition) is 1. The molecular weight excluding hydrogens is 335 g/mol. The lowest BCUT2D eigenvalue weighted by Gasteiger charge is -2.21. The molecule has 0 aliphatic heterocycles. The molecule has 0 bridgehead atoms. The van der Waals surface area contributed by atoms with Gasteiger partial charge in [-0.3, -0.25) is 14.5 Å². The van der Waals surface area contributed by atoms with Gasteiger partial charge in [0.15, 0.2) is 5.76 Å². The molecule has 0 aliphatic carbocycles. The lowest BCUT2D eigenvalue weighted by molar-refractivity contribution is -0.119. The molecule has 3 rings (SSSR count). The average Bonchev–Trinajstić information content (AvgIpc) is 3.21. The van der Waals surface area contributed by atoms with Crippen LogP contribution in [-0.4, -0.2) is 18.4 Å². The molecule has 0 spiro atoms. The number of nitrogens with one attached hydrogen (secondary N) is 1. The first-order chi connectivity index (χ1) is 12.6. The van der Waals surface area contributed by atoms with Crippen molar-refractivity contribution in [3.63, 3.8) is 0 Å². The molecule has 0 fully saturated rings. The molecule has 0 saturated heterocycles. The third-order valence-corrected chi connectivity index (χ3v) is 3.75. The van der Waals surface area contributed by atoms with Gasteiger partial charge in [0.2, 0.25) is 5.91 Å². The first-order valence-corrected chi connectivity index (χ1v) is 8.05. The third kappa shape index (κ3) is 4.36. The van der Waals surface area contributed by atoms with E-state index >= 15 is 0 Å². The maximum atomic E-state index is 12.9. The number of carbonyl (C=O) groups excluding carboxylic acids is 2. The van der Waals surface area contributed by atoms with E-state index < -0.39 is 5.91 Å². The van der Waals surface area contributed by atoms with Crippen LogP contribution in [0.5, 0.6) is 0 Å². The normalized spacial score (nSPS) is 10.3. The van der Waals surface area contributed by atoms with Crippen LogP contribution in [0.4, 0.5) is 10.1 Å². The summed E-state index contributed by atoms with van der Waals surface area (Å²) in [5.74, 6) is -0.921. The van der Waals surface area contributed by atoms with Crippen molar-refractivity contribution < 1.29 is 18.4 Å². The Balaban J connectivity index is 1.70. The Labute approximate surface area is 150 Å². The summed E-state index contributed by atoms with van der Waals surface area (Å²) in [4.78, 5) is 26.3. The van der Waals surface area contributed by atoms with Gasteiger partial charge >= 0.3 is 0 Å². The van der Waals surface area contributed by atoms with Crippen molar-refractivity contribution in [2.24, 2.45) is 0 Å². The molecule has 26 heavy (non-hydrogen) atoms. The van der Waals surface area contributed by atoms with E-state index in [4.69, 9.17) is 4.42 Å². The number of furan rings is 1. The highest BCUT2D eigenvalue weighted by molar-refractivity contribution is 6.07. The molecule has 0 aliphatic rings. The Morgan fingerprint density at radius 3 is 2.35 bits per heavy atom. The Bertz CT molecular complexity index is 862. The quantitative estimate of drug-likeness (QED) is 0.740. The van der Waals surface area contributed by atoms with E-state index in [9.17, 15) is 14.0 Å². The van der Waals surface area contributed by atoms with E-state index in [0.717, 1.165) is 5.56 Å². The Morgan fingerprint density at radius 1 is 0.962 bits per heavy atom. The van der Waals surface area contributed by atoms with Crippen LogP contribution in [0.1, 0.15) is 16.1 Å². The van der Waals surface area contributed by atoms with E-state index in [0.29, 0.717) is 5.69 Å². The minimum absolute atomic E-state index is 0.153. The van der Waals surface area contributed by atoms with Crippen LogP contribution in [0, 0.1) is 5.82 Å². The molecule has 2 amide bonds. The fourth-order valence-electron chi connectivity index (χ4n) is 2.42. The van der Waals surface area contributed by atoms with Crippen LogP contribution in [0.2, 0.25) is 0 Å². The van der Waals surface area contributed by atoms with Crippen molar-refractivity contribution in [1.82, 2.24) is 5.32 Å². The molecule has 0 saturated carbocycles. The first-order valence-electron chi connectivity index (χ1n) is 8.05. The number of rotatable bonds is 6. The van der Waals surface area contributed by atoms with Gasteiger partial charge in [-0.25, -0.2) is 4.39 Å². The zero-order valence-corrected chi connectivity index (χ0v) is 13.9. The van der Waals surface area contributed by atoms with Crippen molar-refractivity contribution in [3.05, 3.63) is 90.1 Å². The molecule has 6 heteroatoms. The molecule has 132 valence electrons. The van der Waals surface area contributed by atoms with Crippen LogP contribution in [0.3, 0.4) is 0 Å². The van der Waals surface area contributed by atoms with E-state index in [1.807, 2.05) is 6.07 Å². The highest BCUT2D eigenvalue weighted by atomic mass is 19.1. The molecule has 3 aromatic rings. The van der Waals surface area contributed by atoms with Gasteiger partial charge in [0.25, 0.3) is 5.91 Å². The summed E-state index contributed by atoms with van der Waals surface area (Å²) in [6.45, 7) is 0.0847. The molecule has 0 unspecified atom stereocenters. The monoisotopic (exact) mass is 352 g/mol. The highest BCUT2D eigenvalue weighted by Gasteiger charge is 2.22. The number of carbonyl (C=O) groups is 2. The predicted octanol–water partition coefficient (Wildman–Crippen LogP) is 3.38. The number of anilines is 1. The van der Waals surface area contributed by atoms with Crippen LogP contribution in [-0.2, 0) is 11.3 Å². The summed E-state index contributed by atoms with van der Waals surface area (Å²) in [7, 11) is 0. The fourth-order valence-corrected chi connectivity index (χ4v) is 2.42. The van der Waals surface area contributed by atoms with E-state index in [-0.39, 0.29) is 30.6 Å². The minimum atomic E-state index is -0.405. The Hall–Kier alpha value is -3.41. The van der Waals surface area contributed by atoms with Gasteiger partial charge in [-0.15, -0.1) is 0 Å². The molecule has 0 atom stereocenters. The van der Waals surface area contributed by atoms with Gasteiger partial charge < -0.3 is 9.73 Å². The van der Waals surface area contributed by atoms with E-state index in [1.165, 1.54) is 23.3 Å². The summed E-state index contributed by atoms with van der Waals surface area (Å²) in [6, 6.07) is 17.9. The van der Waals surface area contributed by atoms with Crippen molar-refractivity contribution >= 4 is 17.5 Å². The zero-order chi connectivity index (χ0) is 18.4. The second-order valence-electron chi connectivity index (χ2n) is 5.61. The SMILES string of the molecule is O=C(CN(C(=O)c1ccco1)c1ccccc1)NCc1ccc(F)cc1. The number of nitrogens with zero attached hydrogens (tertiary/aromatic N) is 1. The van der Waals surface area contributed by atoms with Gasteiger partial charge in [-0.1, -0.05) is 30.3 Å². The lowest BCUT2D eigenvalue weighted by Crippen LogP contribution is -2.40. The number of hydrogen-bond acceptors (Lipinski definition) is 3. The highest BCUT2D eigenvalue weighted by Crippen LogP contribution is 2.17. The number of amides is 2. The minimum Gasteiger partial charge on any atom is -0.459 e. The molecule has 0 radical (unpaired) electrons. The standard InChI is InChI=1S/C20H17FN2O3/c21-16-10-8-15(9-11-16)13-22-19(24)14-23(17-5-2-1-3-6-17)20(25)18-7-4-12-26-18/h1-12H,13-14H2,(H,22,24). The first kappa shape index (κ1) is 17.4. The Kier molecular flexibility index (Phi) is 5.43. The zero-order valence-electron chi connectivity index (χ0n) is 13.9. The van der Waals surface area contributed by atoms with Gasteiger partial charge in [-0.2, -0.15) is 0 Å². The van der Waals surface area contributed by atoms with Crippen molar-refractivity contribution in [3.8, 4) is 0 Å². The fraction of sp³-hybridized carbons (Fsp3) is 0.100. The number of para-hydroxylation sites is 1. The largest absolute Gasteiger partial charge is 0.459 e. The lowest BCUT2D eigenvalue weighted by atomic mass is 10.2. The van der Waals surface area contributed by atoms with Crippen molar-refractivity contribution in [1.29, 1.82) is 0 Å². The summed E-state index contributed by atoms with van der Waals surface area (Å²) in [6.07, 6.45) is 1.41.